The maximum atomic E-state index is 12.9. The van der Waals surface area contributed by atoms with Crippen LogP contribution in [0.15, 0.2) is 54.7 Å². The Morgan fingerprint density at radius 2 is 1.97 bits per heavy atom. The fourth-order valence-electron chi connectivity index (χ4n) is 4.25. The van der Waals surface area contributed by atoms with E-state index in [-0.39, 0.29) is 11.8 Å². The van der Waals surface area contributed by atoms with Crippen LogP contribution in [0.1, 0.15) is 30.9 Å². The molecule has 0 spiro atoms. The Labute approximate surface area is 203 Å². The summed E-state index contributed by atoms with van der Waals surface area (Å²) < 4.78 is 7.33. The summed E-state index contributed by atoms with van der Waals surface area (Å²) in [6.45, 7) is 6.80. The lowest BCUT2D eigenvalue weighted by molar-refractivity contribution is -0.125. The zero-order chi connectivity index (χ0) is 23.5. The number of aromatic nitrogens is 3. The molecular weight excluding hydrogens is 446 g/mol. The number of piperidine rings is 1. The molecule has 1 unspecified atom stereocenters. The number of hydrogen-bond acceptors (Lipinski definition) is 6. The lowest BCUT2D eigenvalue weighted by Gasteiger charge is -2.31. The molecule has 1 fully saturated rings. The first-order valence-corrected chi connectivity index (χ1v) is 12.6. The molecule has 8 heteroatoms. The molecule has 3 heterocycles. The van der Waals surface area contributed by atoms with E-state index >= 15 is 0 Å². The van der Waals surface area contributed by atoms with Crippen molar-refractivity contribution in [1.82, 2.24) is 19.9 Å². The molecule has 1 saturated heterocycles. The summed E-state index contributed by atoms with van der Waals surface area (Å²) >= 11 is 1.57. The molecule has 7 nitrogen and oxygen atoms in total. The number of amides is 1. The van der Waals surface area contributed by atoms with E-state index in [9.17, 15) is 4.79 Å². The molecular formula is C26H29N5O2S. The van der Waals surface area contributed by atoms with E-state index in [2.05, 4.69) is 41.4 Å². The highest BCUT2D eigenvalue weighted by Gasteiger charge is 2.27. The minimum atomic E-state index is -0.0456. The Morgan fingerprint density at radius 1 is 1.18 bits per heavy atom. The molecule has 0 saturated carbocycles. The fourth-order valence-corrected chi connectivity index (χ4v) is 5.17. The molecule has 4 aromatic rings. The zero-order valence-electron chi connectivity index (χ0n) is 19.5. The van der Waals surface area contributed by atoms with Crippen molar-refractivity contribution in [2.75, 3.05) is 24.6 Å². The lowest BCUT2D eigenvalue weighted by Crippen LogP contribution is -2.43. The predicted octanol–water partition coefficient (Wildman–Crippen LogP) is 4.70. The number of aryl methyl sites for hydroxylation is 1. The number of ether oxygens (including phenoxy) is 1. The molecule has 1 aliphatic rings. The second kappa shape index (κ2) is 9.85. The van der Waals surface area contributed by atoms with Crippen LogP contribution in [0.25, 0.3) is 16.2 Å². The average molecular weight is 476 g/mol. The molecule has 176 valence electrons. The molecule has 0 aliphatic carbocycles. The van der Waals surface area contributed by atoms with Crippen LogP contribution in [0.2, 0.25) is 0 Å². The Balaban J connectivity index is 1.20. The number of nitrogens with zero attached hydrogens (tertiary/aromatic N) is 4. The van der Waals surface area contributed by atoms with Crippen molar-refractivity contribution < 1.29 is 9.53 Å². The zero-order valence-corrected chi connectivity index (χ0v) is 20.3. The topological polar surface area (TPSA) is 71.8 Å². The number of carbonyl (C=O) groups excluding carboxylic acids is 1. The maximum Gasteiger partial charge on any atom is 0.225 e. The van der Waals surface area contributed by atoms with Crippen LogP contribution in [0.3, 0.4) is 0 Å². The predicted molar refractivity (Wildman–Crippen MR) is 135 cm³/mol. The van der Waals surface area contributed by atoms with Gasteiger partial charge in [0, 0.05) is 25.2 Å². The van der Waals surface area contributed by atoms with Crippen molar-refractivity contribution in [3.05, 3.63) is 65.9 Å². The number of fused-ring (bicyclic) bond motifs is 1. The summed E-state index contributed by atoms with van der Waals surface area (Å²) in [4.78, 5) is 20.7. The van der Waals surface area contributed by atoms with Gasteiger partial charge in [-0.3, -0.25) is 4.79 Å². The van der Waals surface area contributed by atoms with Gasteiger partial charge in [-0.1, -0.05) is 53.3 Å². The van der Waals surface area contributed by atoms with E-state index in [0.717, 1.165) is 52.0 Å². The van der Waals surface area contributed by atoms with Crippen molar-refractivity contribution in [3.63, 3.8) is 0 Å². The maximum absolute atomic E-state index is 12.9. The number of rotatable bonds is 7. The molecule has 0 bridgehead atoms. The van der Waals surface area contributed by atoms with Gasteiger partial charge in [0.25, 0.3) is 0 Å². The van der Waals surface area contributed by atoms with Crippen LogP contribution < -0.4 is 15.0 Å². The summed E-state index contributed by atoms with van der Waals surface area (Å²) in [5, 5.41) is 8.79. The fraction of sp³-hybridized carbons (Fsp3) is 0.346. The van der Waals surface area contributed by atoms with E-state index in [1.165, 1.54) is 5.56 Å². The average Bonchev–Trinajstić information content (AvgIpc) is 3.44. The van der Waals surface area contributed by atoms with Gasteiger partial charge in [-0.15, -0.1) is 5.10 Å². The van der Waals surface area contributed by atoms with Crippen LogP contribution in [0.4, 0.5) is 5.13 Å². The molecule has 1 amide bonds. The molecule has 1 aliphatic heterocycles. The normalized spacial score (nSPS) is 16.1. The van der Waals surface area contributed by atoms with Gasteiger partial charge in [0.1, 0.15) is 5.75 Å². The van der Waals surface area contributed by atoms with Crippen LogP contribution in [-0.2, 0) is 11.3 Å². The van der Waals surface area contributed by atoms with Crippen molar-refractivity contribution in [3.8, 4) is 17.0 Å². The molecule has 34 heavy (non-hydrogen) atoms. The minimum Gasteiger partial charge on any atom is -0.494 e. The minimum absolute atomic E-state index is 0.0456. The van der Waals surface area contributed by atoms with Gasteiger partial charge in [-0.05, 0) is 44.4 Å². The highest BCUT2D eigenvalue weighted by Crippen LogP contribution is 2.30. The van der Waals surface area contributed by atoms with Crippen molar-refractivity contribution >= 4 is 27.3 Å². The first-order valence-electron chi connectivity index (χ1n) is 11.8. The van der Waals surface area contributed by atoms with Crippen molar-refractivity contribution in [1.29, 1.82) is 0 Å². The van der Waals surface area contributed by atoms with Crippen LogP contribution in [0.5, 0.6) is 5.75 Å². The van der Waals surface area contributed by atoms with Crippen molar-refractivity contribution in [2.45, 2.75) is 33.2 Å². The first-order chi connectivity index (χ1) is 16.6. The molecule has 0 radical (unpaired) electrons. The SMILES string of the molecule is CCOc1ccc(CNC(=O)C2CCCN(c3nn4cc(-c5ccc(C)cc5)nc4s3)C2)cc1. The smallest absolute Gasteiger partial charge is 0.225 e. The Hall–Kier alpha value is -3.39. The third-order valence-electron chi connectivity index (χ3n) is 6.14. The largest absolute Gasteiger partial charge is 0.494 e. The lowest BCUT2D eigenvalue weighted by atomic mass is 9.97. The molecule has 2 aromatic heterocycles. The molecule has 1 atom stereocenters. The number of nitrogens with one attached hydrogen (secondary N) is 1. The molecule has 1 N–H and O–H groups in total. The van der Waals surface area contributed by atoms with Crippen LogP contribution in [-0.4, -0.2) is 40.2 Å². The van der Waals surface area contributed by atoms with Gasteiger partial charge >= 0.3 is 0 Å². The highest BCUT2D eigenvalue weighted by molar-refractivity contribution is 7.20. The second-order valence-electron chi connectivity index (χ2n) is 8.68. The summed E-state index contributed by atoms with van der Waals surface area (Å²) in [5.74, 6) is 0.902. The Morgan fingerprint density at radius 3 is 2.71 bits per heavy atom. The highest BCUT2D eigenvalue weighted by atomic mass is 32.1. The summed E-state index contributed by atoms with van der Waals surface area (Å²) in [6, 6.07) is 16.2. The number of carbonyl (C=O) groups is 1. The third kappa shape index (κ3) is 4.92. The standard InChI is InChI=1S/C26H29N5O2S/c1-3-33-22-12-8-19(9-13-22)15-27-24(32)21-5-4-14-30(16-21)26-29-31-17-23(28-25(31)34-26)20-10-6-18(2)7-11-20/h6-13,17,21H,3-5,14-16H2,1-2H3,(H,27,32). The van der Waals surface area contributed by atoms with Crippen molar-refractivity contribution in [2.24, 2.45) is 5.92 Å². The first kappa shape index (κ1) is 22.4. The van der Waals surface area contributed by atoms with Gasteiger partial charge in [0.05, 0.1) is 24.4 Å². The van der Waals surface area contributed by atoms with Crippen LogP contribution >= 0.6 is 11.3 Å². The van der Waals surface area contributed by atoms with E-state index in [1.54, 1.807) is 11.3 Å². The van der Waals surface area contributed by atoms with Gasteiger partial charge in [-0.25, -0.2) is 9.50 Å². The summed E-state index contributed by atoms with van der Waals surface area (Å²) in [7, 11) is 0. The molecule has 2 aromatic carbocycles. The quantitative estimate of drug-likeness (QED) is 0.420. The molecule has 5 rings (SSSR count). The van der Waals surface area contributed by atoms with Gasteiger partial charge in [-0.2, -0.15) is 0 Å². The van der Waals surface area contributed by atoms with E-state index < -0.39 is 0 Å². The second-order valence-corrected chi connectivity index (χ2v) is 9.62. The van der Waals surface area contributed by atoms with Crippen LogP contribution in [0, 0.1) is 12.8 Å². The summed E-state index contributed by atoms with van der Waals surface area (Å²) in [5.41, 5.74) is 4.31. The van der Waals surface area contributed by atoms with E-state index in [4.69, 9.17) is 14.8 Å². The Bertz CT molecular complexity index is 1230. The summed E-state index contributed by atoms with van der Waals surface area (Å²) in [6.07, 6.45) is 3.84. The third-order valence-corrected chi connectivity index (χ3v) is 7.13. The number of hydrogen-bond donors (Lipinski definition) is 1. The number of benzene rings is 2. The number of anilines is 1. The van der Waals surface area contributed by atoms with Gasteiger partial charge < -0.3 is 15.0 Å². The Kier molecular flexibility index (Phi) is 6.49. The van der Waals surface area contributed by atoms with E-state index in [0.29, 0.717) is 19.7 Å². The van der Waals surface area contributed by atoms with Gasteiger partial charge in [0.2, 0.25) is 16.0 Å². The number of imidazole rings is 1. The van der Waals surface area contributed by atoms with Gasteiger partial charge in [0.15, 0.2) is 0 Å². The monoisotopic (exact) mass is 475 g/mol. The van der Waals surface area contributed by atoms with E-state index in [1.807, 2.05) is 41.9 Å².